The molecule has 0 amide bonds. The molecular formula is C20H29FIN5S. The summed E-state index contributed by atoms with van der Waals surface area (Å²) < 4.78 is 15.9. The molecule has 0 aliphatic carbocycles. The maximum atomic E-state index is 13.6. The molecule has 1 aliphatic rings. The van der Waals surface area contributed by atoms with Crippen molar-refractivity contribution in [3.8, 4) is 0 Å². The highest BCUT2D eigenvalue weighted by Gasteiger charge is 2.28. The van der Waals surface area contributed by atoms with Gasteiger partial charge in [-0.1, -0.05) is 25.1 Å². The van der Waals surface area contributed by atoms with Crippen molar-refractivity contribution in [3.05, 3.63) is 54.4 Å². The second-order valence-corrected chi connectivity index (χ2v) is 8.01. The number of thioether (sulfide) groups is 1. The third-order valence-electron chi connectivity index (χ3n) is 5.08. The number of piperidine rings is 1. The van der Waals surface area contributed by atoms with Crippen LogP contribution in [0.15, 0.2) is 48.0 Å². The van der Waals surface area contributed by atoms with E-state index in [-0.39, 0.29) is 29.8 Å². The molecule has 154 valence electrons. The summed E-state index contributed by atoms with van der Waals surface area (Å²) in [6.45, 7) is 5.05. The Balaban J connectivity index is 0.00000280. The van der Waals surface area contributed by atoms with E-state index in [0.29, 0.717) is 17.7 Å². The van der Waals surface area contributed by atoms with E-state index in [4.69, 9.17) is 0 Å². The molecule has 0 radical (unpaired) electrons. The minimum absolute atomic E-state index is 0. The Bertz CT molecular complexity index is 740. The molecule has 1 aromatic carbocycles. The first-order chi connectivity index (χ1) is 13.2. The van der Waals surface area contributed by atoms with E-state index in [1.807, 2.05) is 37.9 Å². The average Bonchev–Trinajstić information content (AvgIpc) is 3.21. The van der Waals surface area contributed by atoms with E-state index in [2.05, 4.69) is 31.7 Å². The summed E-state index contributed by atoms with van der Waals surface area (Å²) in [6.07, 6.45) is 6.91. The van der Waals surface area contributed by atoms with Crippen molar-refractivity contribution in [2.75, 3.05) is 32.4 Å². The van der Waals surface area contributed by atoms with Crippen LogP contribution < -0.4 is 5.32 Å². The molecule has 1 aromatic heterocycles. The number of imidazole rings is 1. The van der Waals surface area contributed by atoms with Gasteiger partial charge in [-0.05, 0) is 24.0 Å². The lowest BCUT2D eigenvalue weighted by atomic mass is 9.93. The monoisotopic (exact) mass is 517 g/mol. The van der Waals surface area contributed by atoms with Gasteiger partial charge in [0.2, 0.25) is 0 Å². The van der Waals surface area contributed by atoms with Crippen molar-refractivity contribution >= 4 is 41.7 Å². The zero-order valence-electron chi connectivity index (χ0n) is 16.4. The Morgan fingerprint density at radius 1 is 1.39 bits per heavy atom. The number of rotatable bonds is 6. The van der Waals surface area contributed by atoms with Crippen molar-refractivity contribution in [2.45, 2.75) is 25.1 Å². The van der Waals surface area contributed by atoms with Crippen LogP contribution in [0.3, 0.4) is 0 Å². The molecule has 1 N–H and O–H groups in total. The fraction of sp³-hybridized carbons (Fsp3) is 0.500. The van der Waals surface area contributed by atoms with E-state index in [1.54, 1.807) is 17.8 Å². The predicted octanol–water partition coefficient (Wildman–Crippen LogP) is 4.03. The third kappa shape index (κ3) is 6.10. The first-order valence-electron chi connectivity index (χ1n) is 9.43. The van der Waals surface area contributed by atoms with Crippen LogP contribution >= 0.6 is 35.7 Å². The summed E-state index contributed by atoms with van der Waals surface area (Å²) >= 11 is 1.73. The Morgan fingerprint density at radius 3 is 2.93 bits per heavy atom. The van der Waals surface area contributed by atoms with Crippen LogP contribution in [0.2, 0.25) is 0 Å². The van der Waals surface area contributed by atoms with Crippen LogP contribution in [0.5, 0.6) is 0 Å². The first kappa shape index (κ1) is 23.0. The molecule has 0 bridgehead atoms. The second-order valence-electron chi connectivity index (χ2n) is 6.91. The molecule has 2 aromatic rings. The molecule has 2 unspecified atom stereocenters. The van der Waals surface area contributed by atoms with Crippen LogP contribution in [0.1, 0.15) is 24.9 Å². The van der Waals surface area contributed by atoms with Gasteiger partial charge in [-0.25, -0.2) is 9.37 Å². The molecule has 1 saturated heterocycles. The number of aromatic nitrogens is 2. The molecule has 28 heavy (non-hydrogen) atoms. The van der Waals surface area contributed by atoms with E-state index in [9.17, 15) is 4.39 Å². The van der Waals surface area contributed by atoms with Gasteiger partial charge in [0.15, 0.2) is 5.96 Å². The maximum absolute atomic E-state index is 13.6. The summed E-state index contributed by atoms with van der Waals surface area (Å²) in [4.78, 5) is 11.0. The lowest BCUT2D eigenvalue weighted by molar-refractivity contribution is 0.189. The van der Waals surface area contributed by atoms with Crippen molar-refractivity contribution in [2.24, 2.45) is 10.9 Å². The summed E-state index contributed by atoms with van der Waals surface area (Å²) in [5.74, 6) is 3.03. The van der Waals surface area contributed by atoms with Gasteiger partial charge in [0.25, 0.3) is 0 Å². The molecule has 1 aliphatic heterocycles. The van der Waals surface area contributed by atoms with Crippen LogP contribution in [0.4, 0.5) is 4.39 Å². The lowest BCUT2D eigenvalue weighted by Gasteiger charge is -2.39. The van der Waals surface area contributed by atoms with Gasteiger partial charge >= 0.3 is 0 Å². The zero-order chi connectivity index (χ0) is 19.1. The highest BCUT2D eigenvalue weighted by molar-refractivity contribution is 14.0. The van der Waals surface area contributed by atoms with Crippen LogP contribution in [-0.2, 0) is 5.75 Å². The van der Waals surface area contributed by atoms with Crippen LogP contribution in [-0.4, -0.2) is 52.8 Å². The number of nitrogens with one attached hydrogen (secondary N) is 1. The number of benzene rings is 1. The first-order valence-corrected chi connectivity index (χ1v) is 10.6. The number of nitrogens with zero attached hydrogens (tertiary/aromatic N) is 4. The van der Waals surface area contributed by atoms with Gasteiger partial charge in [-0.15, -0.1) is 24.0 Å². The Hall–Kier alpha value is -1.29. The topological polar surface area (TPSA) is 45.5 Å². The van der Waals surface area contributed by atoms with Gasteiger partial charge < -0.3 is 14.8 Å². The number of guanidine groups is 1. The van der Waals surface area contributed by atoms with Gasteiger partial charge in [-0.3, -0.25) is 4.99 Å². The second kappa shape index (κ2) is 11.6. The molecule has 2 atom stereocenters. The van der Waals surface area contributed by atoms with Crippen LogP contribution in [0.25, 0.3) is 0 Å². The van der Waals surface area contributed by atoms with Gasteiger partial charge in [0.05, 0.1) is 12.4 Å². The van der Waals surface area contributed by atoms with Crippen molar-refractivity contribution in [3.63, 3.8) is 0 Å². The molecule has 1 fully saturated rings. The number of likely N-dealkylation sites (tertiary alicyclic amines) is 1. The smallest absolute Gasteiger partial charge is 0.193 e. The molecule has 3 rings (SSSR count). The molecule has 5 nitrogen and oxygen atoms in total. The largest absolute Gasteiger partial charge is 0.355 e. The number of halogens is 2. The zero-order valence-corrected chi connectivity index (χ0v) is 19.6. The van der Waals surface area contributed by atoms with E-state index in [0.717, 1.165) is 43.3 Å². The van der Waals surface area contributed by atoms with Crippen molar-refractivity contribution < 1.29 is 4.39 Å². The van der Waals surface area contributed by atoms with Gasteiger partial charge in [0, 0.05) is 50.6 Å². The van der Waals surface area contributed by atoms with Crippen LogP contribution in [0, 0.1) is 11.7 Å². The third-order valence-corrected chi connectivity index (χ3v) is 6.09. The standard InChI is InChI=1S/C20H28FN5S.HI/c1-16-7-10-25(13-19(16)26-11-8-23-15-26)20(22-2)24-9-12-27-14-17-5-3-4-6-18(17)21;/h3-6,8,11,15-16,19H,7,9-10,12-14H2,1-2H3,(H,22,24);1H. The highest BCUT2D eigenvalue weighted by Crippen LogP contribution is 2.27. The van der Waals surface area contributed by atoms with E-state index in [1.165, 1.54) is 6.07 Å². The summed E-state index contributed by atoms with van der Waals surface area (Å²) in [7, 11) is 1.83. The summed E-state index contributed by atoms with van der Waals surface area (Å²) in [5.41, 5.74) is 0.764. The minimum atomic E-state index is -0.123. The molecule has 0 spiro atoms. The molecule has 0 saturated carbocycles. The Morgan fingerprint density at radius 2 is 2.21 bits per heavy atom. The minimum Gasteiger partial charge on any atom is -0.355 e. The highest BCUT2D eigenvalue weighted by atomic mass is 127. The summed E-state index contributed by atoms with van der Waals surface area (Å²) in [5, 5.41) is 3.46. The number of aliphatic imine (C=N–C) groups is 1. The maximum Gasteiger partial charge on any atom is 0.193 e. The number of hydrogen-bond donors (Lipinski definition) is 1. The van der Waals surface area contributed by atoms with Crippen molar-refractivity contribution in [1.82, 2.24) is 19.8 Å². The Kier molecular flexibility index (Phi) is 9.57. The number of hydrogen-bond acceptors (Lipinski definition) is 3. The van der Waals surface area contributed by atoms with E-state index >= 15 is 0 Å². The molecule has 2 heterocycles. The average molecular weight is 517 g/mol. The SMILES string of the molecule is CN=C(NCCSCc1ccccc1F)N1CCC(C)C(n2ccnc2)C1.I. The fourth-order valence-corrected chi connectivity index (χ4v) is 4.30. The lowest BCUT2D eigenvalue weighted by Crippen LogP contribution is -2.49. The predicted molar refractivity (Wildman–Crippen MR) is 126 cm³/mol. The summed E-state index contributed by atoms with van der Waals surface area (Å²) in [6, 6.07) is 7.39. The van der Waals surface area contributed by atoms with Gasteiger partial charge in [0.1, 0.15) is 5.82 Å². The van der Waals surface area contributed by atoms with E-state index < -0.39 is 0 Å². The van der Waals surface area contributed by atoms with Crippen molar-refractivity contribution in [1.29, 1.82) is 0 Å². The molecular weight excluding hydrogens is 488 g/mol. The fourth-order valence-electron chi connectivity index (χ4n) is 3.46. The Labute approximate surface area is 188 Å². The normalized spacial score (nSPS) is 20.0. The quantitative estimate of drug-likeness (QED) is 0.272. The van der Waals surface area contributed by atoms with Gasteiger partial charge in [-0.2, -0.15) is 11.8 Å². The molecule has 8 heteroatoms.